The zero-order valence-electron chi connectivity index (χ0n) is 35.1. The van der Waals surface area contributed by atoms with Crippen LogP contribution in [0.15, 0.2) is 42.0 Å². The Bertz CT molecular complexity index is 1590. The van der Waals surface area contributed by atoms with Crippen molar-refractivity contribution in [2.24, 2.45) is 35.4 Å². The number of nitrogens with zero attached hydrogens (tertiary/aromatic N) is 2. The van der Waals surface area contributed by atoms with E-state index in [4.69, 9.17) is 35.4 Å². The highest BCUT2D eigenvalue weighted by molar-refractivity contribution is 6.00. The maximum absolute atomic E-state index is 14.4. The SMILES string of the molecule is CC[C@H]1OC(=O)[C@H](C)C(=O)[C@H](C)[C@@H](O[C@@H]2O[C@H](C)C[C@H](N(C)C)[C@H]2O)[C@](C)(OC)C[C@@H](C)/C(=C\C/[N+](N)=C(/NN)c2ccccc2)[C@H](C)C2C[C@]1(C)OC(=O)N2. The Labute approximate surface area is 332 Å². The van der Waals surface area contributed by atoms with Crippen LogP contribution in [0, 0.1) is 23.7 Å². The normalized spacial score (nSPS) is 38.8. The number of benzene rings is 1. The highest BCUT2D eigenvalue weighted by Gasteiger charge is 2.52. The average molecular weight is 788 g/mol. The van der Waals surface area contributed by atoms with Crippen LogP contribution in [0.5, 0.6) is 0 Å². The summed E-state index contributed by atoms with van der Waals surface area (Å²) >= 11 is 0. The van der Waals surface area contributed by atoms with Crippen LogP contribution in [0.25, 0.3) is 0 Å². The first kappa shape index (κ1) is 45.1. The number of nitrogens with two attached hydrogens (primary N) is 2. The van der Waals surface area contributed by atoms with E-state index in [-0.39, 0.29) is 30.5 Å². The first-order valence-corrected chi connectivity index (χ1v) is 19.9. The molecule has 7 N–H and O–H groups in total. The number of ether oxygens (including phenoxy) is 5. The van der Waals surface area contributed by atoms with E-state index in [2.05, 4.69) is 17.7 Å². The van der Waals surface area contributed by atoms with E-state index in [0.717, 1.165) is 11.1 Å². The highest BCUT2D eigenvalue weighted by atomic mass is 16.7. The van der Waals surface area contributed by atoms with Crippen molar-refractivity contribution in [3.63, 3.8) is 0 Å². The number of aliphatic hydroxyl groups is 1. The maximum atomic E-state index is 14.4. The summed E-state index contributed by atoms with van der Waals surface area (Å²) < 4.78 is 32.8. The fraction of sp³-hybridized carbons (Fsp3) is 0.707. The number of likely N-dealkylation sites (N-methyl/N-ethyl adjacent to an activating group) is 1. The number of fused-ring (bicyclic) bond motifs is 2. The van der Waals surface area contributed by atoms with Crippen molar-refractivity contribution >= 4 is 23.7 Å². The number of carbonyl (C=O) groups excluding carboxylic acids is 3. The summed E-state index contributed by atoms with van der Waals surface area (Å²) in [6, 6.07) is 8.79. The number of carbonyl (C=O) groups is 3. The first-order chi connectivity index (χ1) is 26.3. The lowest BCUT2D eigenvalue weighted by atomic mass is 9.73. The minimum atomic E-state index is -1.19. The summed E-state index contributed by atoms with van der Waals surface area (Å²) in [4.78, 5) is 43.4. The topological polar surface area (TPSA) is 200 Å². The number of nitrogens with one attached hydrogen (secondary N) is 2. The molecule has 1 unspecified atom stereocenters. The average Bonchev–Trinajstić information content (AvgIpc) is 3.15. The Morgan fingerprint density at radius 3 is 2.34 bits per heavy atom. The van der Waals surface area contributed by atoms with Gasteiger partial charge in [-0.25, -0.2) is 4.79 Å². The van der Waals surface area contributed by atoms with Gasteiger partial charge in [-0.15, -0.1) is 0 Å². The van der Waals surface area contributed by atoms with Crippen LogP contribution in [0.4, 0.5) is 4.79 Å². The van der Waals surface area contributed by atoms with Gasteiger partial charge in [-0.2, -0.15) is 16.0 Å². The summed E-state index contributed by atoms with van der Waals surface area (Å²) in [7, 11) is 5.34. The van der Waals surface area contributed by atoms with Gasteiger partial charge in [0.15, 0.2) is 12.1 Å². The van der Waals surface area contributed by atoms with Crippen molar-refractivity contribution in [2.75, 3.05) is 27.7 Å². The van der Waals surface area contributed by atoms with Crippen LogP contribution in [0.1, 0.15) is 86.6 Å². The van der Waals surface area contributed by atoms with E-state index in [1.165, 1.54) is 11.6 Å². The number of hydrogen-bond acceptors (Lipinski definition) is 12. The van der Waals surface area contributed by atoms with Gasteiger partial charge < -0.3 is 39.0 Å². The molecule has 1 amide bonds. The van der Waals surface area contributed by atoms with Crippen LogP contribution < -0.4 is 22.4 Å². The van der Waals surface area contributed by atoms with E-state index in [1.807, 2.05) is 83.1 Å². The maximum Gasteiger partial charge on any atom is 0.408 e. The molecular formula is C41H67N6O9+. The molecule has 15 heteroatoms. The Morgan fingerprint density at radius 1 is 1.09 bits per heavy atom. The predicted molar refractivity (Wildman–Crippen MR) is 211 cm³/mol. The van der Waals surface area contributed by atoms with E-state index >= 15 is 0 Å². The number of esters is 1. The molecule has 15 nitrogen and oxygen atoms in total. The molecule has 4 rings (SSSR count). The van der Waals surface area contributed by atoms with Gasteiger partial charge in [0.1, 0.15) is 30.3 Å². The molecular weight excluding hydrogens is 720 g/mol. The number of cyclic esters (lactones) is 1. The summed E-state index contributed by atoms with van der Waals surface area (Å²) in [5, 5.41) is 14.6. The molecule has 1 aromatic carbocycles. The molecule has 314 valence electrons. The van der Waals surface area contributed by atoms with Gasteiger partial charge >= 0.3 is 17.9 Å². The number of hydrazine groups is 2. The van der Waals surface area contributed by atoms with Crippen LogP contribution in [0.3, 0.4) is 0 Å². The van der Waals surface area contributed by atoms with Crippen molar-refractivity contribution in [3.8, 4) is 0 Å². The molecule has 0 spiro atoms. The minimum Gasteiger partial charge on any atom is -0.458 e. The summed E-state index contributed by atoms with van der Waals surface area (Å²) in [5.41, 5.74) is 2.12. The van der Waals surface area contributed by atoms with Crippen molar-refractivity contribution in [2.45, 2.75) is 135 Å². The van der Waals surface area contributed by atoms with E-state index < -0.39 is 71.5 Å². The number of amides is 1. The third kappa shape index (κ3) is 9.91. The second kappa shape index (κ2) is 18.8. The zero-order valence-corrected chi connectivity index (χ0v) is 35.1. The lowest BCUT2D eigenvalue weighted by Gasteiger charge is -2.47. The van der Waals surface area contributed by atoms with E-state index in [0.29, 0.717) is 31.5 Å². The lowest BCUT2D eigenvalue weighted by molar-refractivity contribution is -0.531. The Kier molecular flexibility index (Phi) is 15.1. The summed E-state index contributed by atoms with van der Waals surface area (Å²) in [6.45, 7) is 15.0. The smallest absolute Gasteiger partial charge is 0.408 e. The second-order valence-electron chi connectivity index (χ2n) is 16.7. The largest absolute Gasteiger partial charge is 0.458 e. The number of alkyl carbamates (subject to hydrolysis) is 1. The van der Waals surface area contributed by atoms with Crippen LogP contribution >= 0.6 is 0 Å². The van der Waals surface area contributed by atoms with E-state index in [9.17, 15) is 19.5 Å². The van der Waals surface area contributed by atoms with Crippen LogP contribution in [0.2, 0.25) is 0 Å². The van der Waals surface area contributed by atoms with Gasteiger partial charge in [0.25, 0.3) is 0 Å². The van der Waals surface area contributed by atoms with Crippen molar-refractivity contribution in [1.82, 2.24) is 15.6 Å². The molecule has 0 saturated carbocycles. The zero-order chi connectivity index (χ0) is 41.7. The van der Waals surface area contributed by atoms with Crippen molar-refractivity contribution in [1.29, 1.82) is 0 Å². The first-order valence-electron chi connectivity index (χ1n) is 19.9. The molecule has 3 heterocycles. The molecule has 56 heavy (non-hydrogen) atoms. The quantitative estimate of drug-likeness (QED) is 0.0377. The number of aliphatic hydroxyl groups excluding tert-OH is 1. The number of amidine groups is 1. The number of hydrogen-bond donors (Lipinski definition) is 5. The molecule has 1 aromatic rings. The highest BCUT2D eigenvalue weighted by Crippen LogP contribution is 2.41. The monoisotopic (exact) mass is 787 g/mol. The molecule has 13 atom stereocenters. The number of methoxy groups -OCH3 is 1. The molecule has 0 radical (unpaired) electrons. The fourth-order valence-electron chi connectivity index (χ4n) is 8.89. The second-order valence-corrected chi connectivity index (χ2v) is 16.7. The molecule has 3 aliphatic heterocycles. The van der Waals surface area contributed by atoms with Gasteiger partial charge in [0.2, 0.25) is 0 Å². The fourth-order valence-corrected chi connectivity index (χ4v) is 8.89. The minimum absolute atomic E-state index is 0.240. The molecule has 0 aliphatic carbocycles. The van der Waals surface area contributed by atoms with Crippen molar-refractivity contribution in [3.05, 3.63) is 47.5 Å². The van der Waals surface area contributed by atoms with Crippen LogP contribution in [-0.2, 0) is 33.3 Å². The third-order valence-electron chi connectivity index (χ3n) is 12.3. The van der Waals surface area contributed by atoms with Gasteiger partial charge in [-0.05, 0) is 91.1 Å². The molecule has 3 saturated heterocycles. The molecule has 3 fully saturated rings. The Balaban J connectivity index is 1.88. The number of ketones is 1. The molecule has 2 bridgehead atoms. The standard InChI is InChI=1S/C41H66N6O9/c1-12-32-40(7)22-30(44-39(51)56-40)25(4)29(18-19-47(43)36(45-42)28-16-14-13-15-17-28)23(2)21-41(8,52-11)35(26(5)33(48)27(6)37(50)54-32)55-38-34(49)31(46(9)10)20-24(3)53-38/h13-18,23-27,30-32,34-35,38,49H,12,19-22,42-43H2,1-11H3,(H,44,51)/p+1/b29-18+/t23-,24-,25+,26+,27-,30?,31+,32-,34-,35-,38+,40+,41-/m1/s1. The summed E-state index contributed by atoms with van der Waals surface area (Å²) in [6.07, 6.45) is -1.21. The Morgan fingerprint density at radius 2 is 1.75 bits per heavy atom. The lowest BCUT2D eigenvalue weighted by Crippen LogP contribution is -2.59. The third-order valence-corrected chi connectivity index (χ3v) is 12.3. The molecule has 0 aromatic heterocycles. The predicted octanol–water partition coefficient (Wildman–Crippen LogP) is 3.02. The van der Waals surface area contributed by atoms with Gasteiger partial charge in [0, 0.05) is 31.5 Å². The number of hydrazone groups is 1. The van der Waals surface area contributed by atoms with Crippen LogP contribution in [-0.4, -0.2) is 120 Å². The summed E-state index contributed by atoms with van der Waals surface area (Å²) in [5.74, 6) is 9.34. The Hall–Kier alpha value is -3.60. The van der Waals surface area contributed by atoms with Gasteiger partial charge in [-0.3, -0.25) is 15.4 Å². The molecule has 3 aliphatic rings. The van der Waals surface area contributed by atoms with E-state index in [1.54, 1.807) is 21.0 Å². The van der Waals surface area contributed by atoms with Gasteiger partial charge in [0.05, 0.1) is 23.4 Å². The number of rotatable bonds is 8. The number of Topliss-reactive ketones (excluding diaryl/α,β-unsaturated/α-hetero) is 1. The van der Waals surface area contributed by atoms with Gasteiger partial charge in [-0.1, -0.05) is 51.5 Å². The van der Waals surface area contributed by atoms with Crippen molar-refractivity contribution < 1.29 is 47.9 Å².